The number of fused-ring (bicyclic) bond motifs is 2. The molecule has 0 atom stereocenters. The molecule has 29 heteroatoms. The average molecular weight is 1340 g/mol. The predicted octanol–water partition coefficient (Wildman–Crippen LogP) is 3.04. The number of amides is 1. The summed E-state index contributed by atoms with van der Waals surface area (Å²) in [6.07, 6.45) is -1.42. The summed E-state index contributed by atoms with van der Waals surface area (Å²) >= 11 is 0. The minimum atomic E-state index is -4.62. The Morgan fingerprint density at radius 3 is 1.18 bits per heavy atom. The number of benzene rings is 3. The Hall–Kier alpha value is -4.94. The Morgan fingerprint density at radius 1 is 0.484 bits per heavy atom. The normalized spacial score (nSPS) is 11.9. The first-order valence-corrected chi connectivity index (χ1v) is 32.9. The monoisotopic (exact) mass is 1340 g/mol. The zero-order valence-corrected chi connectivity index (χ0v) is 56.0. The van der Waals surface area contributed by atoms with E-state index in [1.807, 2.05) is 4.57 Å². The summed E-state index contributed by atoms with van der Waals surface area (Å²) in [4.78, 5) is 29.0. The van der Waals surface area contributed by atoms with Gasteiger partial charge in [0.15, 0.2) is 6.54 Å². The van der Waals surface area contributed by atoms with Crippen LogP contribution in [0.1, 0.15) is 38.3 Å². The average Bonchev–Trinajstić information content (AvgIpc) is 0.747. The summed E-state index contributed by atoms with van der Waals surface area (Å²) < 4.78 is 152. The SMILES string of the molecule is COCCOCCOCC(COCCOCCOC)Oc1ccc2c(c1)c(C(=O)Oc1c(C)cc(C(=O)NCCOCCOCCOCCOCCOCCN)cc1C)c1cc(OC(COCCOCCOC)COCCOCCOC)ccc1[n+]2CCCS(=O)(=O)[O-]. The summed E-state index contributed by atoms with van der Waals surface area (Å²) in [5.74, 6) is -0.961. The lowest BCUT2D eigenvalue weighted by Gasteiger charge is -2.21. The first kappa shape index (κ1) is 80.5. The third kappa shape index (κ3) is 34.5. The number of hydrogen-bond acceptors (Lipinski definition) is 26. The highest BCUT2D eigenvalue weighted by Crippen LogP contribution is 2.34. The van der Waals surface area contributed by atoms with Gasteiger partial charge in [0.1, 0.15) is 29.5 Å². The Labute approximate surface area is 547 Å². The first-order chi connectivity index (χ1) is 45.3. The number of methoxy groups -OCH3 is 4. The summed E-state index contributed by atoms with van der Waals surface area (Å²) in [5.41, 5.74) is 7.75. The van der Waals surface area contributed by atoms with Crippen molar-refractivity contribution in [2.45, 2.75) is 39.0 Å². The van der Waals surface area contributed by atoms with E-state index in [4.69, 9.17) is 100 Å². The lowest BCUT2D eigenvalue weighted by atomic mass is 10.0. The molecule has 0 spiro atoms. The number of pyridine rings is 1. The summed E-state index contributed by atoms with van der Waals surface area (Å²) in [6.45, 7) is 14.1. The highest BCUT2D eigenvalue weighted by Gasteiger charge is 2.29. The maximum absolute atomic E-state index is 15.4. The van der Waals surface area contributed by atoms with Crippen molar-refractivity contribution < 1.29 is 122 Å². The fourth-order valence-electron chi connectivity index (χ4n) is 8.90. The second-order valence-corrected chi connectivity index (χ2v) is 22.2. The van der Waals surface area contributed by atoms with Gasteiger partial charge in [0.05, 0.1) is 225 Å². The van der Waals surface area contributed by atoms with Crippen LogP contribution in [0, 0.1) is 13.8 Å². The molecule has 0 aliphatic heterocycles. The van der Waals surface area contributed by atoms with Crippen LogP contribution < -0.4 is 29.8 Å². The Kier molecular flexibility index (Phi) is 43.7. The Bertz CT molecular complexity index is 2600. The zero-order chi connectivity index (χ0) is 67.0. The van der Waals surface area contributed by atoms with E-state index in [1.165, 1.54) is 0 Å². The van der Waals surface area contributed by atoms with Crippen LogP contribution in [0.4, 0.5) is 0 Å². The molecule has 0 fully saturated rings. The molecule has 28 nitrogen and oxygen atoms in total. The second-order valence-electron chi connectivity index (χ2n) is 20.6. The highest BCUT2D eigenvalue weighted by molar-refractivity contribution is 7.85. The first-order valence-electron chi connectivity index (χ1n) is 31.3. The van der Waals surface area contributed by atoms with Gasteiger partial charge < -0.3 is 110 Å². The molecule has 0 aliphatic rings. The molecule has 93 heavy (non-hydrogen) atoms. The highest BCUT2D eigenvalue weighted by atomic mass is 32.2. The molecule has 528 valence electrons. The quantitative estimate of drug-likeness (QED) is 0.0160. The number of carbonyl (C=O) groups is 2. The van der Waals surface area contributed by atoms with Crippen molar-refractivity contribution in [1.82, 2.24) is 5.32 Å². The minimum absolute atomic E-state index is 0.0420. The summed E-state index contributed by atoms with van der Waals surface area (Å²) in [6, 6.07) is 13.6. The maximum atomic E-state index is 15.4. The van der Waals surface area contributed by atoms with Gasteiger partial charge in [0.2, 0.25) is 11.0 Å². The lowest BCUT2D eigenvalue weighted by molar-refractivity contribution is -0.645. The number of rotatable bonds is 60. The number of nitrogens with zero attached hydrogens (tertiary/aromatic N) is 1. The van der Waals surface area contributed by atoms with E-state index in [1.54, 1.807) is 90.8 Å². The number of aryl methyl sites for hydroxylation is 3. The van der Waals surface area contributed by atoms with Crippen LogP contribution in [0.2, 0.25) is 0 Å². The molecule has 4 aromatic rings. The smallest absolute Gasteiger partial charge is 0.345 e. The molecule has 0 aliphatic carbocycles. The molecule has 0 radical (unpaired) electrons. The molecule has 0 unspecified atom stereocenters. The van der Waals surface area contributed by atoms with E-state index in [9.17, 15) is 17.8 Å². The van der Waals surface area contributed by atoms with Crippen LogP contribution in [0.3, 0.4) is 0 Å². The van der Waals surface area contributed by atoms with Gasteiger partial charge >= 0.3 is 5.97 Å². The number of carbonyl (C=O) groups excluding carboxylic acids is 2. The van der Waals surface area contributed by atoms with E-state index >= 15 is 4.79 Å². The topological polar surface area (TPSA) is 318 Å². The summed E-state index contributed by atoms with van der Waals surface area (Å²) in [5, 5.41) is 3.56. The van der Waals surface area contributed by atoms with E-state index in [0.29, 0.717) is 195 Å². The second kappa shape index (κ2) is 50.4. The molecule has 0 bridgehead atoms. The van der Waals surface area contributed by atoms with Crippen LogP contribution in [0.5, 0.6) is 17.2 Å². The molecule has 3 N–H and O–H groups in total. The van der Waals surface area contributed by atoms with Gasteiger partial charge in [-0.2, -0.15) is 4.57 Å². The van der Waals surface area contributed by atoms with Gasteiger partial charge in [-0.05, 0) is 61.4 Å². The molecule has 4 rings (SSSR count). The zero-order valence-electron chi connectivity index (χ0n) is 55.2. The molecule has 0 saturated carbocycles. The van der Waals surface area contributed by atoms with Crippen LogP contribution >= 0.6 is 0 Å². The fraction of sp³-hybridized carbons (Fsp3) is 0.672. The molecule has 1 aromatic heterocycles. The van der Waals surface area contributed by atoms with Gasteiger partial charge in [-0.1, -0.05) is 0 Å². The number of nitrogens with two attached hydrogens (primary N) is 1. The Morgan fingerprint density at radius 2 is 0.828 bits per heavy atom. The minimum Gasteiger partial charge on any atom is -0.748 e. The van der Waals surface area contributed by atoms with E-state index in [-0.39, 0.29) is 96.2 Å². The molecular formula is C64H101N3O25S. The van der Waals surface area contributed by atoms with Crippen LogP contribution in [0.25, 0.3) is 21.8 Å². The predicted molar refractivity (Wildman–Crippen MR) is 340 cm³/mol. The van der Waals surface area contributed by atoms with Crippen molar-refractivity contribution in [3.05, 3.63) is 70.8 Å². The van der Waals surface area contributed by atoms with Crippen molar-refractivity contribution in [3.8, 4) is 17.2 Å². The van der Waals surface area contributed by atoms with Crippen molar-refractivity contribution >= 4 is 43.8 Å². The number of hydrogen-bond donors (Lipinski definition) is 2. The van der Waals surface area contributed by atoms with Gasteiger partial charge in [-0.15, -0.1) is 0 Å². The summed E-state index contributed by atoms with van der Waals surface area (Å²) in [7, 11) is 1.74. The number of esters is 1. The van der Waals surface area contributed by atoms with Crippen molar-refractivity contribution in [3.63, 3.8) is 0 Å². The lowest BCUT2D eigenvalue weighted by Crippen LogP contribution is -2.37. The molecule has 0 saturated heterocycles. The van der Waals surface area contributed by atoms with E-state index < -0.39 is 34.0 Å². The van der Waals surface area contributed by atoms with Gasteiger partial charge in [-0.3, -0.25) is 4.79 Å². The Balaban J connectivity index is 1.68. The number of nitrogens with one attached hydrogen (secondary N) is 1. The van der Waals surface area contributed by atoms with Gasteiger partial charge in [-0.25, -0.2) is 13.2 Å². The molecule has 1 heterocycles. The van der Waals surface area contributed by atoms with Crippen molar-refractivity contribution in [1.29, 1.82) is 0 Å². The van der Waals surface area contributed by atoms with Crippen LogP contribution in [0.15, 0.2) is 48.5 Å². The van der Waals surface area contributed by atoms with Crippen molar-refractivity contribution in [2.24, 2.45) is 5.73 Å². The van der Waals surface area contributed by atoms with Gasteiger partial charge in [0, 0.05) is 71.4 Å². The maximum Gasteiger partial charge on any atom is 0.345 e. The molecule has 3 aromatic carbocycles. The molecular weight excluding hydrogens is 1240 g/mol. The fourth-order valence-corrected chi connectivity index (χ4v) is 9.38. The number of aromatic nitrogens is 1. The van der Waals surface area contributed by atoms with E-state index in [0.717, 1.165) is 0 Å². The largest absolute Gasteiger partial charge is 0.748 e. The molecule has 1 amide bonds. The van der Waals surface area contributed by atoms with E-state index in [2.05, 4.69) is 5.32 Å². The third-order valence-electron chi connectivity index (χ3n) is 13.3. The number of ether oxygens (including phenoxy) is 20. The van der Waals surface area contributed by atoms with Crippen LogP contribution in [-0.2, 0) is 97.2 Å². The third-order valence-corrected chi connectivity index (χ3v) is 14.1. The van der Waals surface area contributed by atoms with Gasteiger partial charge in [0.25, 0.3) is 5.91 Å². The van der Waals surface area contributed by atoms with Crippen molar-refractivity contribution in [2.75, 3.05) is 245 Å². The van der Waals surface area contributed by atoms with Crippen LogP contribution in [-0.4, -0.2) is 283 Å². The standard InChI is InChI=1S/C64H101N3O25S/c1-50-42-52(63(68)66-13-16-78-26-28-84-30-32-85-31-29-83-27-25-77-15-12-65)43-51(2)62(50)92-64(69)61-57-44-53(90-55(46-86-37-33-79-21-17-73-3)47-87-38-34-80-22-18-74-4)8-10-59(57)67(14-7-41-93(70,71)72)60-11-9-54(45-58(60)61)91-56(48-88-39-35-81-23-19-75-5)49-89-40-36-82-24-20-76-6/h8-11,42-45,55-56H,7,12-41,46-49,65H2,1-6H3,(H-,66,68,70,71,72).